The van der Waals surface area contributed by atoms with E-state index in [0.717, 1.165) is 30.7 Å². The molecule has 2 N–H and O–H groups in total. The lowest BCUT2D eigenvalue weighted by Gasteiger charge is -2.28. The Bertz CT molecular complexity index is 580. The highest BCUT2D eigenvalue weighted by Gasteiger charge is 2.25. The van der Waals surface area contributed by atoms with Crippen LogP contribution in [0, 0.1) is 11.8 Å². The van der Waals surface area contributed by atoms with Crippen LogP contribution >= 0.6 is 12.4 Å². The number of benzene rings is 1. The number of ether oxygens (including phenoxy) is 2. The summed E-state index contributed by atoms with van der Waals surface area (Å²) in [4.78, 5) is 12.5. The summed E-state index contributed by atoms with van der Waals surface area (Å²) in [6.45, 7) is 9.91. The molecule has 1 amide bonds. The van der Waals surface area contributed by atoms with Crippen molar-refractivity contribution in [1.29, 1.82) is 0 Å². The van der Waals surface area contributed by atoms with Crippen molar-refractivity contribution in [2.24, 2.45) is 11.8 Å². The van der Waals surface area contributed by atoms with Crippen LogP contribution in [0.2, 0.25) is 0 Å². The van der Waals surface area contributed by atoms with Crippen LogP contribution in [0.5, 0.6) is 11.5 Å². The molecule has 2 rings (SSSR count). The molecule has 148 valence electrons. The molecule has 5 nitrogen and oxygen atoms in total. The van der Waals surface area contributed by atoms with E-state index in [1.807, 2.05) is 25.1 Å². The second-order valence-electron chi connectivity index (χ2n) is 7.42. The molecule has 26 heavy (non-hydrogen) atoms. The normalized spacial score (nSPS) is 20.8. The highest BCUT2D eigenvalue weighted by molar-refractivity contribution is 5.85. The zero-order valence-electron chi connectivity index (χ0n) is 16.5. The van der Waals surface area contributed by atoms with Crippen LogP contribution in [-0.4, -0.2) is 32.2 Å². The third-order valence-electron chi connectivity index (χ3n) is 4.61. The Hall–Kier alpha value is -1.46. The van der Waals surface area contributed by atoms with E-state index in [1.54, 1.807) is 7.11 Å². The molecule has 1 unspecified atom stereocenters. The molecule has 0 spiro atoms. The average molecular weight is 385 g/mol. The molecule has 1 aliphatic heterocycles. The average Bonchev–Trinajstić information content (AvgIpc) is 2.59. The van der Waals surface area contributed by atoms with Gasteiger partial charge in [-0.05, 0) is 56.8 Å². The molecular formula is C20H33ClN2O3. The van der Waals surface area contributed by atoms with Gasteiger partial charge in [-0.3, -0.25) is 4.79 Å². The number of halogens is 1. The summed E-state index contributed by atoms with van der Waals surface area (Å²) < 4.78 is 11.3. The monoisotopic (exact) mass is 384 g/mol. The molecule has 1 aromatic carbocycles. The first-order chi connectivity index (χ1) is 11.9. The Balaban J connectivity index is 0.00000338. The van der Waals surface area contributed by atoms with E-state index < -0.39 is 0 Å². The molecular weight excluding hydrogens is 352 g/mol. The van der Waals surface area contributed by atoms with Crippen molar-refractivity contribution < 1.29 is 14.3 Å². The van der Waals surface area contributed by atoms with E-state index in [4.69, 9.17) is 9.47 Å². The van der Waals surface area contributed by atoms with Gasteiger partial charge in [0.15, 0.2) is 11.5 Å². The van der Waals surface area contributed by atoms with Crippen LogP contribution in [0.1, 0.15) is 52.1 Å². The van der Waals surface area contributed by atoms with Crippen molar-refractivity contribution in [3.05, 3.63) is 23.8 Å². The molecule has 0 aromatic heterocycles. The van der Waals surface area contributed by atoms with Crippen LogP contribution in [-0.2, 0) is 4.79 Å². The molecule has 1 fully saturated rings. The minimum atomic E-state index is -0.0641. The van der Waals surface area contributed by atoms with Crippen LogP contribution < -0.4 is 20.1 Å². The summed E-state index contributed by atoms with van der Waals surface area (Å²) in [6, 6.07) is 6.20. The Kier molecular flexibility index (Phi) is 9.23. The fourth-order valence-corrected chi connectivity index (χ4v) is 3.11. The first-order valence-electron chi connectivity index (χ1n) is 9.25. The third kappa shape index (κ3) is 6.36. The molecule has 0 radical (unpaired) electrons. The molecule has 1 aliphatic rings. The SMILES string of the molecule is COc1cc(C(C)NC(=O)[C@H]2CCN[C@@H](C)C2)ccc1OCC(C)C.Cl. The van der Waals surface area contributed by atoms with Gasteiger partial charge in [0.1, 0.15) is 0 Å². The maximum atomic E-state index is 12.5. The van der Waals surface area contributed by atoms with Crippen LogP contribution in [0.4, 0.5) is 0 Å². The van der Waals surface area contributed by atoms with E-state index >= 15 is 0 Å². The summed E-state index contributed by atoms with van der Waals surface area (Å²) in [7, 11) is 1.64. The zero-order valence-corrected chi connectivity index (χ0v) is 17.3. The molecule has 0 saturated carbocycles. The largest absolute Gasteiger partial charge is 0.493 e. The minimum absolute atomic E-state index is 0. The summed E-state index contributed by atoms with van der Waals surface area (Å²) in [5, 5.41) is 6.53. The van der Waals surface area contributed by atoms with Crippen molar-refractivity contribution >= 4 is 18.3 Å². The molecule has 6 heteroatoms. The Labute approximate surface area is 163 Å². The highest BCUT2D eigenvalue weighted by atomic mass is 35.5. The number of carbonyl (C=O) groups is 1. The van der Waals surface area contributed by atoms with Crippen molar-refractivity contribution in [3.63, 3.8) is 0 Å². The van der Waals surface area contributed by atoms with Gasteiger partial charge in [0.05, 0.1) is 19.8 Å². The van der Waals surface area contributed by atoms with E-state index in [0.29, 0.717) is 24.3 Å². The number of hydrogen-bond donors (Lipinski definition) is 2. The van der Waals surface area contributed by atoms with Crippen LogP contribution in [0.3, 0.4) is 0 Å². The predicted molar refractivity (Wildman–Crippen MR) is 107 cm³/mol. The zero-order chi connectivity index (χ0) is 18.4. The van der Waals surface area contributed by atoms with E-state index in [-0.39, 0.29) is 30.3 Å². The highest BCUT2D eigenvalue weighted by Crippen LogP contribution is 2.31. The number of carbonyl (C=O) groups excluding carboxylic acids is 1. The topological polar surface area (TPSA) is 59.6 Å². The Morgan fingerprint density at radius 3 is 2.65 bits per heavy atom. The number of amides is 1. The van der Waals surface area contributed by atoms with Gasteiger partial charge < -0.3 is 20.1 Å². The maximum absolute atomic E-state index is 12.5. The van der Waals surface area contributed by atoms with Crippen molar-refractivity contribution in [1.82, 2.24) is 10.6 Å². The Morgan fingerprint density at radius 1 is 1.31 bits per heavy atom. The van der Waals surface area contributed by atoms with Gasteiger partial charge in [-0.25, -0.2) is 0 Å². The molecule has 3 atom stereocenters. The second-order valence-corrected chi connectivity index (χ2v) is 7.42. The second kappa shape index (κ2) is 10.6. The van der Waals surface area contributed by atoms with E-state index in [9.17, 15) is 4.79 Å². The van der Waals surface area contributed by atoms with Gasteiger partial charge in [0.25, 0.3) is 0 Å². The van der Waals surface area contributed by atoms with Gasteiger partial charge in [-0.15, -0.1) is 12.4 Å². The number of hydrogen-bond acceptors (Lipinski definition) is 4. The van der Waals surface area contributed by atoms with Gasteiger partial charge in [-0.1, -0.05) is 19.9 Å². The summed E-state index contributed by atoms with van der Waals surface area (Å²) in [5.41, 5.74) is 1.02. The molecule has 0 aliphatic carbocycles. The van der Waals surface area contributed by atoms with E-state index in [1.165, 1.54) is 0 Å². The summed E-state index contributed by atoms with van der Waals surface area (Å²) in [5.74, 6) is 2.13. The third-order valence-corrected chi connectivity index (χ3v) is 4.61. The summed E-state index contributed by atoms with van der Waals surface area (Å²) in [6.07, 6.45) is 1.79. The number of rotatable bonds is 7. The number of piperidine rings is 1. The quantitative estimate of drug-likeness (QED) is 0.752. The maximum Gasteiger partial charge on any atom is 0.223 e. The molecule has 1 saturated heterocycles. The lowest BCUT2D eigenvalue weighted by molar-refractivity contribution is -0.126. The number of nitrogens with one attached hydrogen (secondary N) is 2. The lowest BCUT2D eigenvalue weighted by atomic mass is 9.92. The Morgan fingerprint density at radius 2 is 2.04 bits per heavy atom. The lowest BCUT2D eigenvalue weighted by Crippen LogP contribution is -2.42. The fourth-order valence-electron chi connectivity index (χ4n) is 3.11. The summed E-state index contributed by atoms with van der Waals surface area (Å²) >= 11 is 0. The molecule has 1 aromatic rings. The van der Waals surface area contributed by atoms with E-state index in [2.05, 4.69) is 31.4 Å². The first-order valence-corrected chi connectivity index (χ1v) is 9.25. The van der Waals surface area contributed by atoms with Crippen molar-refractivity contribution in [2.75, 3.05) is 20.3 Å². The van der Waals surface area contributed by atoms with Gasteiger partial charge in [-0.2, -0.15) is 0 Å². The number of methoxy groups -OCH3 is 1. The van der Waals surface area contributed by atoms with Gasteiger partial charge in [0, 0.05) is 12.0 Å². The smallest absolute Gasteiger partial charge is 0.223 e. The van der Waals surface area contributed by atoms with Crippen molar-refractivity contribution in [3.8, 4) is 11.5 Å². The minimum Gasteiger partial charge on any atom is -0.493 e. The molecule has 1 heterocycles. The van der Waals surface area contributed by atoms with Gasteiger partial charge in [0.2, 0.25) is 5.91 Å². The van der Waals surface area contributed by atoms with Crippen LogP contribution in [0.15, 0.2) is 18.2 Å². The van der Waals surface area contributed by atoms with Crippen LogP contribution in [0.25, 0.3) is 0 Å². The van der Waals surface area contributed by atoms with Crippen molar-refractivity contribution in [2.45, 2.75) is 52.6 Å². The molecule has 0 bridgehead atoms. The predicted octanol–water partition coefficient (Wildman–Crippen LogP) is 3.72. The van der Waals surface area contributed by atoms with Gasteiger partial charge >= 0.3 is 0 Å². The first kappa shape index (κ1) is 22.6. The fraction of sp³-hybridized carbons (Fsp3) is 0.650. The standard InChI is InChI=1S/C20H32N2O3.ClH/c1-13(2)12-25-18-7-6-16(11-19(18)24-5)15(4)22-20(23)17-8-9-21-14(3)10-17;/h6-7,11,13-15,17,21H,8-10,12H2,1-5H3,(H,22,23);1H/t14-,15?,17-;/m0./s1.